The van der Waals surface area contributed by atoms with E-state index in [0.717, 1.165) is 0 Å². The Kier molecular flexibility index (Phi) is 10.6. The number of hydrogen-bond acceptors (Lipinski definition) is 7. The summed E-state index contributed by atoms with van der Waals surface area (Å²) >= 11 is 5.32. The van der Waals surface area contributed by atoms with E-state index in [1.165, 1.54) is 0 Å². The van der Waals surface area contributed by atoms with Crippen molar-refractivity contribution in [2.45, 2.75) is 47.5 Å². The first-order chi connectivity index (χ1) is 13.3. The molecule has 0 N–H and O–H groups in total. The van der Waals surface area contributed by atoms with Crippen LogP contribution in [0.25, 0.3) is 0 Å². The molecule has 0 amide bonds. The van der Waals surface area contributed by atoms with Crippen LogP contribution in [0.2, 0.25) is 0 Å². The van der Waals surface area contributed by atoms with E-state index in [4.69, 9.17) is 38.7 Å². The number of halogens is 1. The Balaban J connectivity index is 5.18. The maximum absolute atomic E-state index is 12.3. The third-order valence-electron chi connectivity index (χ3n) is 4.01. The Morgan fingerprint density at radius 1 is 0.759 bits per heavy atom. The van der Waals surface area contributed by atoms with Crippen molar-refractivity contribution in [3.8, 4) is 24.7 Å². The van der Waals surface area contributed by atoms with Crippen LogP contribution in [0.1, 0.15) is 47.5 Å². The molecule has 0 unspecified atom stereocenters. The van der Waals surface area contributed by atoms with Gasteiger partial charge in [0.25, 0.3) is 0 Å². The lowest BCUT2D eigenvalue weighted by atomic mass is 9.89. The monoisotopic (exact) mass is 428 g/mol. The van der Waals surface area contributed by atoms with Crippen molar-refractivity contribution < 1.29 is 33.3 Å². The van der Waals surface area contributed by atoms with Crippen molar-refractivity contribution in [1.29, 1.82) is 0 Å². The van der Waals surface area contributed by atoms with Crippen molar-refractivity contribution >= 4 is 29.7 Å². The summed E-state index contributed by atoms with van der Waals surface area (Å²) in [5.74, 6) is 3.80. The summed E-state index contributed by atoms with van der Waals surface area (Å²) in [5, 5.41) is 0. The van der Waals surface area contributed by atoms with Gasteiger partial charge in [0.05, 0.1) is 16.2 Å². The molecule has 0 radical (unpaired) electrons. The van der Waals surface area contributed by atoms with E-state index < -0.39 is 34.3 Å². The molecule has 7 nitrogen and oxygen atoms in total. The fourth-order valence-electron chi connectivity index (χ4n) is 1.97. The fraction of sp³-hybridized carbons (Fsp3) is 0.667. The molecule has 0 bridgehead atoms. The van der Waals surface area contributed by atoms with Gasteiger partial charge in [-0.1, -0.05) is 11.6 Å². The summed E-state index contributed by atoms with van der Waals surface area (Å²) in [6, 6.07) is -0.375. The van der Waals surface area contributed by atoms with E-state index in [1.807, 2.05) is 0 Å². The zero-order chi connectivity index (χ0) is 22.7. The van der Waals surface area contributed by atoms with Crippen LogP contribution in [-0.4, -0.2) is 44.0 Å². The second kappa shape index (κ2) is 11.6. The Labute approximate surface area is 177 Å². The van der Waals surface area contributed by atoms with Crippen LogP contribution in [-0.2, 0) is 28.5 Å². The molecule has 0 saturated carbocycles. The average molecular weight is 429 g/mol. The van der Waals surface area contributed by atoms with Crippen LogP contribution < -0.4 is 0 Å². The van der Waals surface area contributed by atoms with Crippen molar-refractivity contribution in [2.24, 2.45) is 16.2 Å². The zero-order valence-corrected chi connectivity index (χ0v) is 18.4. The van der Waals surface area contributed by atoms with Gasteiger partial charge in [-0.15, -0.1) is 24.7 Å². The van der Waals surface area contributed by atoms with Gasteiger partial charge in [0, 0.05) is 12.8 Å². The first-order valence-corrected chi connectivity index (χ1v) is 9.44. The first-order valence-electron chi connectivity index (χ1n) is 8.90. The summed E-state index contributed by atoms with van der Waals surface area (Å²) in [5.41, 5.74) is -2.81. The normalized spacial score (nSPS) is 11.6. The molecule has 0 aromatic rings. The molecular formula is C21H29ClO7. The molecule has 0 saturated heterocycles. The number of hydrogen-bond donors (Lipinski definition) is 0. The minimum atomic E-state index is -1.03. The highest BCUT2D eigenvalue weighted by Gasteiger charge is 2.36. The summed E-state index contributed by atoms with van der Waals surface area (Å²) in [6.45, 7) is 7.64. The lowest BCUT2D eigenvalue weighted by Crippen LogP contribution is -2.40. The Morgan fingerprint density at radius 3 is 1.48 bits per heavy atom. The van der Waals surface area contributed by atoms with Gasteiger partial charge in [-0.25, -0.2) is 4.79 Å². The van der Waals surface area contributed by atoms with Gasteiger partial charge < -0.3 is 18.9 Å². The predicted octanol–water partition coefficient (Wildman–Crippen LogP) is 3.53. The van der Waals surface area contributed by atoms with Crippen LogP contribution in [0.3, 0.4) is 0 Å². The van der Waals surface area contributed by atoms with E-state index in [1.54, 1.807) is 34.6 Å². The van der Waals surface area contributed by atoms with Crippen LogP contribution in [0.4, 0.5) is 4.79 Å². The summed E-state index contributed by atoms with van der Waals surface area (Å²) in [7, 11) is 0. The molecule has 0 aromatic heterocycles. The molecule has 0 aliphatic carbocycles. The Morgan fingerprint density at radius 2 is 1.14 bits per heavy atom. The maximum Gasteiger partial charge on any atom is 0.509 e. The summed E-state index contributed by atoms with van der Waals surface area (Å²) < 4.78 is 20.2. The summed E-state index contributed by atoms with van der Waals surface area (Å²) in [6.07, 6.45) is 9.94. The van der Waals surface area contributed by atoms with Gasteiger partial charge in [-0.3, -0.25) is 9.59 Å². The molecule has 29 heavy (non-hydrogen) atoms. The Bertz CT molecular complexity index is 623. The van der Waals surface area contributed by atoms with Crippen LogP contribution in [0.15, 0.2) is 0 Å². The number of esters is 2. The van der Waals surface area contributed by atoms with E-state index in [0.29, 0.717) is 0 Å². The SMILES string of the molecule is C#CCC(C)(C)C(=O)OCC(C)(COC(=O)OCCl)COC(=O)C(C)(C)CC#C. The number of rotatable bonds is 11. The molecule has 0 rings (SSSR count). The largest absolute Gasteiger partial charge is 0.509 e. The van der Waals surface area contributed by atoms with Gasteiger partial charge in [0.2, 0.25) is 0 Å². The van der Waals surface area contributed by atoms with Gasteiger partial charge in [0.1, 0.15) is 19.8 Å². The average Bonchev–Trinajstić information content (AvgIpc) is 2.63. The molecular weight excluding hydrogens is 400 g/mol. The summed E-state index contributed by atoms with van der Waals surface area (Å²) in [4.78, 5) is 36.1. The minimum absolute atomic E-state index is 0.184. The fourth-order valence-corrected chi connectivity index (χ4v) is 2.06. The number of carbonyl (C=O) groups is 3. The topological polar surface area (TPSA) is 88.1 Å². The number of terminal acetylenes is 2. The highest BCUT2D eigenvalue weighted by Crippen LogP contribution is 2.27. The van der Waals surface area contributed by atoms with Gasteiger partial charge in [-0.05, 0) is 34.6 Å². The standard InChI is InChI=1S/C21H29ClO7/c1-8-10-19(3,4)16(23)26-12-21(7,14-28-18(25)29-15-22)13-27-17(24)20(5,6)11-9-2/h1-2H,10-15H2,3-7H3. The highest BCUT2D eigenvalue weighted by molar-refractivity contribution is 6.17. The second-order valence-corrected chi connectivity index (χ2v) is 8.50. The minimum Gasteiger partial charge on any atom is -0.464 e. The molecule has 0 fully saturated rings. The third-order valence-corrected chi connectivity index (χ3v) is 4.12. The molecule has 0 aliphatic rings. The zero-order valence-electron chi connectivity index (χ0n) is 17.6. The lowest BCUT2D eigenvalue weighted by Gasteiger charge is -2.31. The van der Waals surface area contributed by atoms with E-state index in [-0.39, 0.29) is 38.7 Å². The molecule has 0 heterocycles. The van der Waals surface area contributed by atoms with Crippen molar-refractivity contribution in [1.82, 2.24) is 0 Å². The molecule has 8 heteroatoms. The number of alkyl halides is 1. The van der Waals surface area contributed by atoms with Gasteiger partial charge in [-0.2, -0.15) is 0 Å². The van der Waals surface area contributed by atoms with Gasteiger partial charge >= 0.3 is 18.1 Å². The van der Waals surface area contributed by atoms with Gasteiger partial charge in [0.15, 0.2) is 6.07 Å². The molecule has 0 spiro atoms. The molecule has 162 valence electrons. The van der Waals surface area contributed by atoms with E-state index in [9.17, 15) is 14.4 Å². The quantitative estimate of drug-likeness (QED) is 0.215. The number of carbonyl (C=O) groups excluding carboxylic acids is 3. The molecule has 0 aromatic carbocycles. The van der Waals surface area contributed by atoms with Crippen LogP contribution in [0, 0.1) is 40.9 Å². The maximum atomic E-state index is 12.3. The third kappa shape index (κ3) is 9.58. The highest BCUT2D eigenvalue weighted by atomic mass is 35.5. The van der Waals surface area contributed by atoms with E-state index in [2.05, 4.69) is 16.6 Å². The smallest absolute Gasteiger partial charge is 0.464 e. The van der Waals surface area contributed by atoms with Crippen molar-refractivity contribution in [3.05, 3.63) is 0 Å². The van der Waals surface area contributed by atoms with Crippen molar-refractivity contribution in [3.63, 3.8) is 0 Å². The predicted molar refractivity (Wildman–Crippen MR) is 108 cm³/mol. The molecule has 0 aliphatic heterocycles. The lowest BCUT2D eigenvalue weighted by molar-refractivity contribution is -0.166. The second-order valence-electron chi connectivity index (χ2n) is 8.28. The molecule has 0 atom stereocenters. The van der Waals surface area contributed by atoms with E-state index >= 15 is 0 Å². The number of ether oxygens (including phenoxy) is 4. The first kappa shape index (κ1) is 26.6. The van der Waals surface area contributed by atoms with Crippen LogP contribution in [0.5, 0.6) is 0 Å². The Hall–Kier alpha value is -2.38. The van der Waals surface area contributed by atoms with Crippen molar-refractivity contribution in [2.75, 3.05) is 25.9 Å². The van der Waals surface area contributed by atoms with Crippen LogP contribution >= 0.6 is 11.6 Å².